The molecule has 1 heteroatoms. The summed E-state index contributed by atoms with van der Waals surface area (Å²) in [5.41, 5.74) is 4.57. The molecule has 1 aromatic rings. The van der Waals surface area contributed by atoms with Crippen LogP contribution in [0.1, 0.15) is 31.9 Å². The molecule has 0 bridgehead atoms. The monoisotopic (exact) mass is 160 g/mol. The molecule has 0 amide bonds. The first-order valence-corrected chi connectivity index (χ1v) is 4.49. The van der Waals surface area contributed by atoms with E-state index in [0.29, 0.717) is 0 Å². The largest absolute Gasteiger partial charge is 0.139 e. The predicted molar refractivity (Wildman–Crippen MR) is 58.1 cm³/mol. The van der Waals surface area contributed by atoms with E-state index in [1.54, 1.807) is 0 Å². The third-order valence-corrected chi connectivity index (χ3v) is 2.23. The average Bonchev–Trinajstić information content (AvgIpc) is 1.82. The van der Waals surface area contributed by atoms with Gasteiger partial charge in [-0.15, -0.1) is 0 Å². The molecule has 0 heterocycles. The summed E-state index contributed by atoms with van der Waals surface area (Å²) in [4.78, 5) is 0. The Bertz CT molecular complexity index is 261. The van der Waals surface area contributed by atoms with Gasteiger partial charge in [0.05, 0.1) is 0 Å². The molecule has 0 unspecified atom stereocenters. The van der Waals surface area contributed by atoms with Crippen molar-refractivity contribution in [3.63, 3.8) is 0 Å². The van der Waals surface area contributed by atoms with Crippen molar-refractivity contribution < 1.29 is 0 Å². The molecule has 0 aliphatic heterocycles. The van der Waals surface area contributed by atoms with E-state index in [2.05, 4.69) is 53.7 Å². The lowest BCUT2D eigenvalue weighted by Crippen LogP contribution is -2.24. The number of hydrogen-bond acceptors (Lipinski definition) is 0. The van der Waals surface area contributed by atoms with Crippen molar-refractivity contribution in [2.45, 2.75) is 33.1 Å². The van der Waals surface area contributed by atoms with Crippen molar-refractivity contribution in [3.8, 4) is 0 Å². The molecule has 1 rings (SSSR count). The van der Waals surface area contributed by atoms with Crippen LogP contribution in [0.5, 0.6) is 0 Å². The van der Waals surface area contributed by atoms with Crippen molar-refractivity contribution in [2.24, 2.45) is 0 Å². The van der Waals surface area contributed by atoms with E-state index in [9.17, 15) is 0 Å². The summed E-state index contributed by atoms with van der Waals surface area (Å²) < 4.78 is 0. The smallest absolute Gasteiger partial charge is 0.0850 e. The molecule has 0 saturated carbocycles. The van der Waals surface area contributed by atoms with Crippen LogP contribution in [-0.4, -0.2) is 7.85 Å². The van der Waals surface area contributed by atoms with Gasteiger partial charge in [-0.1, -0.05) is 44.4 Å². The maximum Gasteiger partial charge on any atom is 0.139 e. The maximum absolute atomic E-state index is 2.27. The SMILES string of the molecule is Bc1cccc(C)c1C(C)(C)C. The van der Waals surface area contributed by atoms with Crippen molar-refractivity contribution in [1.82, 2.24) is 0 Å². The molecule has 0 fully saturated rings. The summed E-state index contributed by atoms with van der Waals surface area (Å²) in [5.74, 6) is 0. The summed E-state index contributed by atoms with van der Waals surface area (Å²) in [6, 6.07) is 6.50. The lowest BCUT2D eigenvalue weighted by Gasteiger charge is -2.24. The molecule has 0 spiro atoms. The molecule has 0 N–H and O–H groups in total. The van der Waals surface area contributed by atoms with Gasteiger partial charge >= 0.3 is 0 Å². The zero-order chi connectivity index (χ0) is 9.35. The lowest BCUT2D eigenvalue weighted by molar-refractivity contribution is 0.590. The van der Waals surface area contributed by atoms with Crippen LogP contribution in [0.25, 0.3) is 0 Å². The first-order valence-electron chi connectivity index (χ1n) is 4.49. The van der Waals surface area contributed by atoms with E-state index in [4.69, 9.17) is 0 Å². The molecule has 64 valence electrons. The third-order valence-electron chi connectivity index (χ3n) is 2.23. The van der Waals surface area contributed by atoms with Gasteiger partial charge in [0, 0.05) is 0 Å². The summed E-state index contributed by atoms with van der Waals surface area (Å²) in [7, 11) is 2.19. The normalized spacial score (nSPS) is 11.7. The standard InChI is InChI=1S/C11H17B/c1-8-6-5-7-9(12)10(8)11(2,3)4/h5-7H,12H2,1-4H3. The van der Waals surface area contributed by atoms with Crippen LogP contribution >= 0.6 is 0 Å². The van der Waals surface area contributed by atoms with E-state index in [-0.39, 0.29) is 5.41 Å². The second-order valence-corrected chi connectivity index (χ2v) is 4.52. The van der Waals surface area contributed by atoms with Gasteiger partial charge < -0.3 is 0 Å². The van der Waals surface area contributed by atoms with Gasteiger partial charge in [-0.2, -0.15) is 0 Å². The van der Waals surface area contributed by atoms with Crippen LogP contribution in [0.4, 0.5) is 0 Å². The Labute approximate surface area is 76.4 Å². The van der Waals surface area contributed by atoms with Crippen molar-refractivity contribution in [3.05, 3.63) is 29.3 Å². The van der Waals surface area contributed by atoms with Gasteiger partial charge in [0.1, 0.15) is 7.85 Å². The Hall–Kier alpha value is -0.715. The van der Waals surface area contributed by atoms with Crippen LogP contribution in [-0.2, 0) is 5.41 Å². The van der Waals surface area contributed by atoms with Gasteiger partial charge in [0.15, 0.2) is 0 Å². The first-order chi connectivity index (χ1) is 5.43. The van der Waals surface area contributed by atoms with Crippen LogP contribution in [0.2, 0.25) is 0 Å². The van der Waals surface area contributed by atoms with E-state index in [0.717, 1.165) is 0 Å². The van der Waals surface area contributed by atoms with Gasteiger partial charge in [-0.25, -0.2) is 0 Å². The Morgan fingerprint density at radius 3 is 2.08 bits per heavy atom. The van der Waals surface area contributed by atoms with Crippen molar-refractivity contribution in [1.29, 1.82) is 0 Å². The Morgan fingerprint density at radius 1 is 1.17 bits per heavy atom. The highest BCUT2D eigenvalue weighted by Gasteiger charge is 2.17. The van der Waals surface area contributed by atoms with Crippen LogP contribution < -0.4 is 5.46 Å². The second kappa shape index (κ2) is 2.97. The van der Waals surface area contributed by atoms with Gasteiger partial charge in [-0.05, 0) is 23.5 Å². The lowest BCUT2D eigenvalue weighted by atomic mass is 9.75. The topological polar surface area (TPSA) is 0 Å². The number of aryl methyl sites for hydroxylation is 1. The molecule has 0 nitrogen and oxygen atoms in total. The summed E-state index contributed by atoms with van der Waals surface area (Å²) >= 11 is 0. The Morgan fingerprint density at radius 2 is 1.75 bits per heavy atom. The quantitative estimate of drug-likeness (QED) is 0.505. The predicted octanol–water partition coefficient (Wildman–Crippen LogP) is 1.55. The zero-order valence-corrected chi connectivity index (χ0v) is 8.73. The zero-order valence-electron chi connectivity index (χ0n) is 8.73. The van der Waals surface area contributed by atoms with E-state index in [1.165, 1.54) is 16.6 Å². The molecule has 0 saturated heterocycles. The molecular weight excluding hydrogens is 143 g/mol. The van der Waals surface area contributed by atoms with Crippen LogP contribution in [0, 0.1) is 6.92 Å². The third kappa shape index (κ3) is 1.71. The minimum atomic E-state index is 0.273. The average molecular weight is 160 g/mol. The minimum absolute atomic E-state index is 0.273. The first kappa shape index (κ1) is 9.37. The summed E-state index contributed by atoms with van der Waals surface area (Å²) in [5, 5.41) is 0. The molecule has 0 aliphatic carbocycles. The maximum atomic E-state index is 2.27. The molecule has 0 aliphatic rings. The fourth-order valence-electron chi connectivity index (χ4n) is 2.00. The molecule has 0 radical (unpaired) electrons. The van der Waals surface area contributed by atoms with Crippen LogP contribution in [0.15, 0.2) is 18.2 Å². The second-order valence-electron chi connectivity index (χ2n) is 4.52. The van der Waals surface area contributed by atoms with Gasteiger partial charge in [0.2, 0.25) is 0 Å². The molecule has 0 aromatic heterocycles. The molecule has 1 aromatic carbocycles. The molecular formula is C11H17B. The fraction of sp³-hybridized carbons (Fsp3) is 0.455. The van der Waals surface area contributed by atoms with E-state index >= 15 is 0 Å². The van der Waals surface area contributed by atoms with Crippen LogP contribution in [0.3, 0.4) is 0 Å². The van der Waals surface area contributed by atoms with Gasteiger partial charge in [-0.3, -0.25) is 0 Å². The van der Waals surface area contributed by atoms with Crippen molar-refractivity contribution >= 4 is 13.3 Å². The summed E-state index contributed by atoms with van der Waals surface area (Å²) in [6.07, 6.45) is 0. The minimum Gasteiger partial charge on any atom is -0.0850 e. The fourth-order valence-corrected chi connectivity index (χ4v) is 2.00. The Kier molecular flexibility index (Phi) is 2.32. The summed E-state index contributed by atoms with van der Waals surface area (Å²) in [6.45, 7) is 8.99. The number of hydrogen-bond donors (Lipinski definition) is 0. The molecule has 0 atom stereocenters. The Balaban J connectivity index is 3.31. The highest BCUT2D eigenvalue weighted by atomic mass is 14.2. The highest BCUT2D eigenvalue weighted by Crippen LogP contribution is 2.22. The highest BCUT2D eigenvalue weighted by molar-refractivity contribution is 6.33. The number of rotatable bonds is 0. The van der Waals surface area contributed by atoms with Gasteiger partial charge in [0.25, 0.3) is 0 Å². The number of benzene rings is 1. The van der Waals surface area contributed by atoms with E-state index < -0.39 is 0 Å². The van der Waals surface area contributed by atoms with E-state index in [1.807, 2.05) is 0 Å². The van der Waals surface area contributed by atoms with Crippen molar-refractivity contribution in [2.75, 3.05) is 0 Å². The molecule has 12 heavy (non-hydrogen) atoms.